The van der Waals surface area contributed by atoms with Gasteiger partial charge < -0.3 is 25.8 Å². The predicted molar refractivity (Wildman–Crippen MR) is 132 cm³/mol. The van der Waals surface area contributed by atoms with Crippen LogP contribution in [0.15, 0.2) is 0 Å². The molecule has 0 rings (SSSR count). The van der Waals surface area contributed by atoms with Gasteiger partial charge in [-0.1, -0.05) is 61.3 Å². The molecule has 0 spiro atoms. The molecule has 0 aromatic rings. The van der Waals surface area contributed by atoms with Crippen molar-refractivity contribution in [2.45, 2.75) is 125 Å². The van der Waals surface area contributed by atoms with E-state index in [0.717, 1.165) is 12.8 Å². The summed E-state index contributed by atoms with van der Waals surface area (Å²) < 4.78 is 5.28. The number of hydrogen-bond donors (Lipinski definition) is 4. The number of unbranched alkanes of at least 4 members (excludes halogenated alkanes) is 1. The highest BCUT2D eigenvalue weighted by Crippen LogP contribution is 2.15. The maximum atomic E-state index is 13.1. The zero-order valence-electron chi connectivity index (χ0n) is 22.5. The fraction of sp³-hybridized carbons (Fsp3) is 0.880. The molecule has 8 nitrogen and oxygen atoms in total. The fourth-order valence-electron chi connectivity index (χ4n) is 3.45. The van der Waals surface area contributed by atoms with Crippen molar-refractivity contribution in [2.24, 2.45) is 17.8 Å². The second kappa shape index (κ2) is 14.4. The van der Waals surface area contributed by atoms with Crippen molar-refractivity contribution in [1.29, 1.82) is 0 Å². The Kier molecular flexibility index (Phi) is 13.6. The Morgan fingerprint density at radius 3 is 1.76 bits per heavy atom. The van der Waals surface area contributed by atoms with Gasteiger partial charge in [0.2, 0.25) is 11.8 Å². The van der Waals surface area contributed by atoms with E-state index in [2.05, 4.69) is 22.9 Å². The summed E-state index contributed by atoms with van der Waals surface area (Å²) in [5, 5.41) is 19.0. The van der Waals surface area contributed by atoms with Crippen molar-refractivity contribution in [1.82, 2.24) is 16.0 Å². The van der Waals surface area contributed by atoms with E-state index >= 15 is 0 Å². The number of hydrogen-bond acceptors (Lipinski definition) is 5. The van der Waals surface area contributed by atoms with Crippen LogP contribution in [0, 0.1) is 17.8 Å². The van der Waals surface area contributed by atoms with Crippen molar-refractivity contribution in [3.05, 3.63) is 0 Å². The smallest absolute Gasteiger partial charge is 0.408 e. The van der Waals surface area contributed by atoms with Gasteiger partial charge in [-0.15, -0.1) is 0 Å². The molecule has 0 aromatic carbocycles. The van der Waals surface area contributed by atoms with Crippen LogP contribution in [0.1, 0.15) is 94.9 Å². The summed E-state index contributed by atoms with van der Waals surface area (Å²) in [5.41, 5.74) is -0.688. The maximum Gasteiger partial charge on any atom is 0.408 e. The second-order valence-corrected chi connectivity index (χ2v) is 11.1. The molecule has 4 N–H and O–H groups in total. The predicted octanol–water partition coefficient (Wildman–Crippen LogP) is 3.76. The molecule has 0 fully saturated rings. The van der Waals surface area contributed by atoms with Gasteiger partial charge in [0.25, 0.3) is 0 Å². The van der Waals surface area contributed by atoms with E-state index in [1.165, 1.54) is 0 Å². The second-order valence-electron chi connectivity index (χ2n) is 11.1. The first kappa shape index (κ1) is 31.2. The van der Waals surface area contributed by atoms with Crippen molar-refractivity contribution in [3.8, 4) is 0 Å². The summed E-state index contributed by atoms with van der Waals surface area (Å²) in [5.74, 6) is -0.883. The van der Waals surface area contributed by atoms with Gasteiger partial charge >= 0.3 is 6.09 Å². The highest BCUT2D eigenvalue weighted by atomic mass is 16.6. The van der Waals surface area contributed by atoms with E-state index < -0.39 is 35.8 Å². The van der Waals surface area contributed by atoms with Crippen molar-refractivity contribution in [2.75, 3.05) is 0 Å². The highest BCUT2D eigenvalue weighted by molar-refractivity contribution is 5.91. The minimum Gasteiger partial charge on any atom is -0.444 e. The lowest BCUT2D eigenvalue weighted by Crippen LogP contribution is -2.59. The summed E-state index contributed by atoms with van der Waals surface area (Å²) in [7, 11) is 0. The van der Waals surface area contributed by atoms with Gasteiger partial charge in [-0.2, -0.15) is 0 Å². The van der Waals surface area contributed by atoms with Crippen LogP contribution >= 0.6 is 0 Å². The lowest BCUT2D eigenvalue weighted by Gasteiger charge is -2.31. The van der Waals surface area contributed by atoms with Crippen LogP contribution in [0.25, 0.3) is 0 Å². The summed E-state index contributed by atoms with van der Waals surface area (Å²) in [6.45, 7) is 18.7. The molecule has 3 amide bonds. The number of rotatable bonds is 13. The minimum absolute atomic E-state index is 0.184. The zero-order chi connectivity index (χ0) is 25.9. The topological polar surface area (TPSA) is 117 Å². The van der Waals surface area contributed by atoms with Gasteiger partial charge in [0, 0.05) is 0 Å². The molecule has 0 radical (unpaired) electrons. The Hall–Kier alpha value is -1.83. The van der Waals surface area contributed by atoms with Gasteiger partial charge in [-0.05, 0) is 51.4 Å². The SMILES string of the molecule is CCCCC(O)[C@H](CC(C)C)NC(=O)[C@@H](NC(=O)[C@@H](NC(=O)OC(C)(C)C)C(C)C)C(C)C. The fourth-order valence-corrected chi connectivity index (χ4v) is 3.45. The first-order chi connectivity index (χ1) is 15.1. The largest absolute Gasteiger partial charge is 0.444 e. The number of nitrogens with one attached hydrogen (secondary N) is 3. The number of carbonyl (C=O) groups excluding carboxylic acids is 3. The molecule has 4 atom stereocenters. The molecule has 0 heterocycles. The zero-order valence-corrected chi connectivity index (χ0v) is 22.5. The third-order valence-electron chi connectivity index (χ3n) is 5.24. The Morgan fingerprint density at radius 2 is 1.33 bits per heavy atom. The first-order valence-electron chi connectivity index (χ1n) is 12.4. The first-order valence-corrected chi connectivity index (χ1v) is 12.4. The van der Waals surface area contributed by atoms with Crippen LogP contribution in [0.3, 0.4) is 0 Å². The Bertz CT molecular complexity index is 614. The van der Waals surface area contributed by atoms with Crippen LogP contribution < -0.4 is 16.0 Å². The maximum absolute atomic E-state index is 13.1. The van der Waals surface area contributed by atoms with Gasteiger partial charge in [0.15, 0.2) is 0 Å². The molecular formula is C25H49N3O5. The molecule has 0 saturated heterocycles. The Balaban J connectivity index is 5.41. The summed E-state index contributed by atoms with van der Waals surface area (Å²) in [6, 6.07) is -2.04. The average molecular weight is 472 g/mol. The number of aliphatic hydroxyl groups excluding tert-OH is 1. The monoisotopic (exact) mass is 471 g/mol. The van der Waals surface area contributed by atoms with Crippen LogP contribution in [-0.2, 0) is 14.3 Å². The van der Waals surface area contributed by atoms with Crippen LogP contribution in [-0.4, -0.2) is 52.8 Å². The number of amides is 3. The molecule has 33 heavy (non-hydrogen) atoms. The van der Waals surface area contributed by atoms with E-state index in [-0.39, 0.29) is 23.8 Å². The van der Waals surface area contributed by atoms with E-state index in [4.69, 9.17) is 4.74 Å². The minimum atomic E-state index is -0.851. The molecule has 0 aliphatic heterocycles. The molecule has 8 heteroatoms. The average Bonchev–Trinajstić information content (AvgIpc) is 2.65. The van der Waals surface area contributed by atoms with Crippen LogP contribution in [0.4, 0.5) is 4.79 Å². The highest BCUT2D eigenvalue weighted by Gasteiger charge is 2.33. The Labute approximate surface area is 201 Å². The number of aliphatic hydroxyl groups is 1. The normalized spacial score (nSPS) is 15.7. The van der Waals surface area contributed by atoms with Crippen LogP contribution in [0.5, 0.6) is 0 Å². The van der Waals surface area contributed by atoms with Crippen molar-refractivity contribution >= 4 is 17.9 Å². The van der Waals surface area contributed by atoms with E-state index in [1.54, 1.807) is 20.8 Å². The molecule has 0 saturated carbocycles. The molecule has 0 aliphatic carbocycles. The molecular weight excluding hydrogens is 422 g/mol. The molecule has 194 valence electrons. The van der Waals surface area contributed by atoms with Crippen LogP contribution in [0.2, 0.25) is 0 Å². The lowest BCUT2D eigenvalue weighted by molar-refractivity contribution is -0.132. The van der Waals surface area contributed by atoms with Gasteiger partial charge in [-0.25, -0.2) is 4.79 Å². The van der Waals surface area contributed by atoms with Crippen molar-refractivity contribution < 1.29 is 24.2 Å². The van der Waals surface area contributed by atoms with Gasteiger partial charge in [-0.3, -0.25) is 9.59 Å². The standard InChI is InChI=1S/C25H49N3O5/c1-11-12-13-19(29)18(14-15(2)3)26-22(30)20(16(4)5)27-23(31)21(17(6)7)28-24(32)33-25(8,9)10/h15-21,29H,11-14H2,1-10H3,(H,26,30)(H,27,31)(H,28,32)/t18-,19?,20-,21-/m0/s1. The van der Waals surface area contributed by atoms with Gasteiger partial charge in [0.05, 0.1) is 12.1 Å². The lowest BCUT2D eigenvalue weighted by atomic mass is 9.94. The van der Waals surface area contributed by atoms with E-state index in [0.29, 0.717) is 18.8 Å². The van der Waals surface area contributed by atoms with Crippen molar-refractivity contribution in [3.63, 3.8) is 0 Å². The van der Waals surface area contributed by atoms with E-state index in [1.807, 2.05) is 41.5 Å². The van der Waals surface area contributed by atoms with E-state index in [9.17, 15) is 19.5 Å². The summed E-state index contributed by atoms with van der Waals surface area (Å²) >= 11 is 0. The molecule has 0 bridgehead atoms. The molecule has 0 aliphatic rings. The third-order valence-corrected chi connectivity index (χ3v) is 5.24. The number of ether oxygens (including phenoxy) is 1. The summed E-state index contributed by atoms with van der Waals surface area (Å²) in [6.07, 6.45) is 1.77. The number of alkyl carbamates (subject to hydrolysis) is 1. The quantitative estimate of drug-likeness (QED) is 0.326. The molecule has 0 aromatic heterocycles. The number of carbonyl (C=O) groups is 3. The molecule has 1 unspecified atom stereocenters. The Morgan fingerprint density at radius 1 is 0.848 bits per heavy atom. The summed E-state index contributed by atoms with van der Waals surface area (Å²) in [4.78, 5) is 38.4. The van der Waals surface area contributed by atoms with Gasteiger partial charge in [0.1, 0.15) is 17.7 Å². The third kappa shape index (κ3) is 12.8.